The Labute approximate surface area is 140 Å². The fourth-order valence-electron chi connectivity index (χ4n) is 1.75. The number of benzene rings is 2. The predicted octanol–water partition coefficient (Wildman–Crippen LogP) is 4.39. The van der Waals surface area contributed by atoms with Gasteiger partial charge in [-0.15, -0.1) is 0 Å². The molecule has 0 heterocycles. The third-order valence-corrected chi connectivity index (χ3v) is 3.34. The zero-order chi connectivity index (χ0) is 16.5. The molecule has 0 saturated heterocycles. The summed E-state index contributed by atoms with van der Waals surface area (Å²) in [6, 6.07) is 13.2. The van der Waals surface area contributed by atoms with Crippen LogP contribution in [0.3, 0.4) is 0 Å². The van der Waals surface area contributed by atoms with E-state index < -0.39 is 4.92 Å². The molecule has 0 atom stereocenters. The van der Waals surface area contributed by atoms with Crippen molar-refractivity contribution in [3.63, 3.8) is 0 Å². The molecule has 0 amide bonds. The minimum absolute atomic E-state index is 0.112. The number of hydrogen-bond acceptors (Lipinski definition) is 5. The van der Waals surface area contributed by atoms with E-state index in [2.05, 4.69) is 28.1 Å². The van der Waals surface area contributed by atoms with Crippen LogP contribution in [0.15, 0.2) is 48.5 Å². The van der Waals surface area contributed by atoms with Gasteiger partial charge in [0, 0.05) is 17.0 Å². The highest BCUT2D eigenvalue weighted by Crippen LogP contribution is 2.24. The second kappa shape index (κ2) is 8.94. The fourth-order valence-corrected chi connectivity index (χ4v) is 2.10. The first-order valence-electron chi connectivity index (χ1n) is 6.02. The van der Waals surface area contributed by atoms with E-state index in [0.29, 0.717) is 10.9 Å². The quantitative estimate of drug-likeness (QED) is 0.213. The lowest BCUT2D eigenvalue weighted by Crippen LogP contribution is -2.05. The lowest BCUT2D eigenvalue weighted by atomic mass is 10.0. The van der Waals surface area contributed by atoms with E-state index in [0.717, 1.165) is 5.56 Å². The van der Waals surface area contributed by atoms with E-state index in [1.165, 1.54) is 12.1 Å². The Balaban J connectivity index is 0.000000745. The first-order chi connectivity index (χ1) is 10.5. The van der Waals surface area contributed by atoms with Gasteiger partial charge < -0.3 is 0 Å². The Morgan fingerprint density at radius 3 is 2.36 bits per heavy atom. The molecule has 5 nitrogen and oxygen atoms in total. The maximum atomic E-state index is 12.3. The van der Waals surface area contributed by atoms with E-state index in [4.69, 9.17) is 5.41 Å². The van der Waals surface area contributed by atoms with Crippen molar-refractivity contribution in [2.45, 2.75) is 5.33 Å². The van der Waals surface area contributed by atoms with Crippen molar-refractivity contribution in [2.24, 2.45) is 0 Å². The van der Waals surface area contributed by atoms with Crippen molar-refractivity contribution in [3.05, 3.63) is 75.3 Å². The third-order valence-electron chi connectivity index (χ3n) is 2.69. The zero-order valence-electron chi connectivity index (χ0n) is 11.3. The number of nitro benzene ring substituents is 1. The first-order valence-corrected chi connectivity index (χ1v) is 7.55. The van der Waals surface area contributed by atoms with Crippen LogP contribution in [0.2, 0.25) is 0 Å². The summed E-state index contributed by atoms with van der Waals surface area (Å²) in [6.07, 6.45) is 0. The Hall–Kier alpha value is -2.21. The summed E-state index contributed by atoms with van der Waals surface area (Å²) in [4.78, 5) is 22.8. The molecule has 0 fully saturated rings. The molecule has 2 aromatic rings. The van der Waals surface area contributed by atoms with Crippen molar-refractivity contribution in [1.29, 1.82) is 5.41 Å². The standard InChI is InChI=1S/C14H10BrNO3.CHNS/c15-9-10-6-7-12(13(8-10)16(18)19)14(17)11-4-2-1-3-5-11;2-1-3/h1-8H,9H2;2H. The first kappa shape index (κ1) is 17.8. The van der Waals surface area contributed by atoms with E-state index in [9.17, 15) is 14.9 Å². The van der Waals surface area contributed by atoms with Gasteiger partial charge in [0.05, 0.1) is 10.1 Å². The van der Waals surface area contributed by atoms with Crippen LogP contribution in [0.4, 0.5) is 5.69 Å². The fraction of sp³-hybridized carbons (Fsp3) is 0.0667. The van der Waals surface area contributed by atoms with E-state index in [1.807, 2.05) is 0 Å². The van der Waals surface area contributed by atoms with E-state index in [-0.39, 0.29) is 17.0 Å². The zero-order valence-corrected chi connectivity index (χ0v) is 13.7. The molecular formula is C15H11BrN2O3S. The van der Waals surface area contributed by atoms with Crippen LogP contribution in [0.5, 0.6) is 0 Å². The number of halogens is 1. The number of isothiocyanates is 1. The summed E-state index contributed by atoms with van der Waals surface area (Å²) in [5.74, 6) is -0.339. The van der Waals surface area contributed by atoms with Crippen molar-refractivity contribution in [3.8, 4) is 0 Å². The molecule has 0 aromatic heterocycles. The maximum absolute atomic E-state index is 12.3. The number of nitro groups is 1. The Morgan fingerprint density at radius 1 is 1.27 bits per heavy atom. The number of alkyl halides is 1. The maximum Gasteiger partial charge on any atom is 0.280 e. The van der Waals surface area contributed by atoms with Crippen molar-refractivity contribution in [1.82, 2.24) is 0 Å². The van der Waals surface area contributed by atoms with E-state index in [1.54, 1.807) is 41.6 Å². The van der Waals surface area contributed by atoms with Crippen LogP contribution in [0, 0.1) is 15.5 Å². The Kier molecular flexibility index (Phi) is 7.25. The van der Waals surface area contributed by atoms with Gasteiger partial charge in [0.15, 0.2) is 5.78 Å². The van der Waals surface area contributed by atoms with Crippen LogP contribution >= 0.6 is 28.1 Å². The average molecular weight is 379 g/mol. The molecule has 112 valence electrons. The number of nitrogens with one attached hydrogen (secondary N) is 1. The number of carbonyl (C=O) groups is 1. The van der Waals surface area contributed by atoms with Crippen molar-refractivity contribution < 1.29 is 9.72 Å². The molecule has 22 heavy (non-hydrogen) atoms. The molecule has 7 heteroatoms. The number of carbonyl (C=O) groups excluding carboxylic acids is 1. The van der Waals surface area contributed by atoms with Crippen LogP contribution < -0.4 is 0 Å². The van der Waals surface area contributed by atoms with E-state index >= 15 is 0 Å². The van der Waals surface area contributed by atoms with Gasteiger partial charge in [-0.3, -0.25) is 14.9 Å². The minimum Gasteiger partial charge on any atom is -0.288 e. The molecule has 0 radical (unpaired) electrons. The molecule has 2 aromatic carbocycles. The molecule has 1 N–H and O–H groups in total. The van der Waals surface area contributed by atoms with Gasteiger partial charge in [0.2, 0.25) is 0 Å². The molecule has 0 aliphatic carbocycles. The Morgan fingerprint density at radius 2 is 1.86 bits per heavy atom. The number of ketones is 1. The van der Waals surface area contributed by atoms with Crippen LogP contribution in [-0.4, -0.2) is 15.9 Å². The van der Waals surface area contributed by atoms with Crippen LogP contribution in [-0.2, 0) is 5.33 Å². The molecule has 0 saturated carbocycles. The molecular weight excluding hydrogens is 368 g/mol. The summed E-state index contributed by atoms with van der Waals surface area (Å²) in [6.45, 7) is 0. The summed E-state index contributed by atoms with van der Waals surface area (Å²) in [7, 11) is 0. The molecule has 2 rings (SSSR count). The summed E-state index contributed by atoms with van der Waals surface area (Å²) in [5, 5.41) is 18.9. The summed E-state index contributed by atoms with van der Waals surface area (Å²) < 4.78 is 0. The molecule has 0 spiro atoms. The molecule has 0 unspecified atom stereocenters. The predicted molar refractivity (Wildman–Crippen MR) is 90.9 cm³/mol. The van der Waals surface area contributed by atoms with Gasteiger partial charge in [-0.1, -0.05) is 52.3 Å². The van der Waals surface area contributed by atoms with Gasteiger partial charge in [-0.25, -0.2) is 5.41 Å². The second-order valence-electron chi connectivity index (χ2n) is 4.04. The molecule has 0 bridgehead atoms. The highest BCUT2D eigenvalue weighted by atomic mass is 79.9. The largest absolute Gasteiger partial charge is 0.288 e. The van der Waals surface area contributed by atoms with Gasteiger partial charge in [0.1, 0.15) is 5.56 Å². The second-order valence-corrected chi connectivity index (χ2v) is 4.80. The lowest BCUT2D eigenvalue weighted by molar-refractivity contribution is -0.385. The highest BCUT2D eigenvalue weighted by Gasteiger charge is 2.21. The SMILES string of the molecule is N=C=S.O=C(c1ccccc1)c1ccc(CBr)cc1[N+](=O)[O-]. The Bertz CT molecular complexity index is 714. The number of rotatable bonds is 4. The van der Waals surface area contributed by atoms with Crippen molar-refractivity contribution in [2.75, 3.05) is 0 Å². The van der Waals surface area contributed by atoms with Gasteiger partial charge in [0.25, 0.3) is 5.69 Å². The third kappa shape index (κ3) is 4.66. The smallest absolute Gasteiger partial charge is 0.280 e. The summed E-state index contributed by atoms with van der Waals surface area (Å²) >= 11 is 7.05. The van der Waals surface area contributed by atoms with Crippen LogP contribution in [0.25, 0.3) is 0 Å². The van der Waals surface area contributed by atoms with Crippen LogP contribution in [0.1, 0.15) is 21.5 Å². The normalized spacial score (nSPS) is 9.14. The summed E-state index contributed by atoms with van der Waals surface area (Å²) in [5.41, 5.74) is 1.15. The highest BCUT2D eigenvalue weighted by molar-refractivity contribution is 9.08. The monoisotopic (exact) mass is 378 g/mol. The minimum atomic E-state index is -0.525. The van der Waals surface area contributed by atoms with Gasteiger partial charge in [-0.05, 0) is 23.8 Å². The molecule has 0 aliphatic rings. The van der Waals surface area contributed by atoms with Gasteiger partial charge in [-0.2, -0.15) is 0 Å². The van der Waals surface area contributed by atoms with Gasteiger partial charge >= 0.3 is 0 Å². The molecule has 0 aliphatic heterocycles. The topological polar surface area (TPSA) is 84.1 Å². The lowest BCUT2D eigenvalue weighted by Gasteiger charge is -2.04. The number of hydrogen-bond donors (Lipinski definition) is 1. The number of nitrogens with zero attached hydrogens (tertiary/aromatic N) is 1. The van der Waals surface area contributed by atoms with Crippen molar-refractivity contribution >= 4 is 44.8 Å². The number of thiocarbonyl (C=S) groups is 1. The average Bonchev–Trinajstić information content (AvgIpc) is 2.55.